The van der Waals surface area contributed by atoms with Gasteiger partial charge in [0.25, 0.3) is 5.91 Å². The number of likely N-dealkylation sites (tertiary alicyclic amines) is 1. The molecule has 1 aliphatic heterocycles. The zero-order valence-corrected chi connectivity index (χ0v) is 10.6. The van der Waals surface area contributed by atoms with E-state index in [2.05, 4.69) is 11.9 Å². The minimum absolute atomic E-state index is 0.00830. The highest BCUT2D eigenvalue weighted by Crippen LogP contribution is 2.21. The van der Waals surface area contributed by atoms with E-state index in [-0.39, 0.29) is 5.91 Å². The van der Waals surface area contributed by atoms with Gasteiger partial charge in [0, 0.05) is 18.8 Å². The highest BCUT2D eigenvalue weighted by molar-refractivity contribution is 5.92. The van der Waals surface area contributed by atoms with Crippen molar-refractivity contribution in [1.29, 1.82) is 5.26 Å². The van der Waals surface area contributed by atoms with E-state index in [1.165, 1.54) is 12.6 Å². The molecule has 0 aliphatic carbocycles. The Bertz CT molecular complexity index is 461. The van der Waals surface area contributed by atoms with Crippen molar-refractivity contribution in [3.8, 4) is 6.07 Å². The van der Waals surface area contributed by atoms with Crippen molar-refractivity contribution in [3.63, 3.8) is 0 Å². The third-order valence-electron chi connectivity index (χ3n) is 3.47. The molecular formula is C14H17N3O. The van der Waals surface area contributed by atoms with Gasteiger partial charge in [-0.1, -0.05) is 6.92 Å². The van der Waals surface area contributed by atoms with E-state index in [1.54, 1.807) is 12.1 Å². The molecule has 1 aliphatic rings. The third kappa shape index (κ3) is 2.51. The van der Waals surface area contributed by atoms with Gasteiger partial charge in [-0.05, 0) is 37.8 Å². The lowest BCUT2D eigenvalue weighted by Crippen LogP contribution is -2.43. The number of carbonyl (C=O) groups is 1. The van der Waals surface area contributed by atoms with Gasteiger partial charge < -0.3 is 4.90 Å². The van der Waals surface area contributed by atoms with Crippen molar-refractivity contribution < 1.29 is 4.79 Å². The van der Waals surface area contributed by atoms with Crippen LogP contribution in [0.3, 0.4) is 0 Å². The van der Waals surface area contributed by atoms with Crippen LogP contribution in [0.15, 0.2) is 18.3 Å². The van der Waals surface area contributed by atoms with E-state index < -0.39 is 0 Å². The van der Waals surface area contributed by atoms with Gasteiger partial charge in [0.2, 0.25) is 0 Å². The molecule has 0 bridgehead atoms. The number of nitriles is 1. The zero-order valence-electron chi connectivity index (χ0n) is 10.6. The minimum atomic E-state index is -0.00830. The molecule has 1 unspecified atom stereocenters. The second-order valence-electron chi connectivity index (χ2n) is 4.60. The SMILES string of the molecule is CCC1CCCCN1C(=O)c1ccc(C#N)cn1. The van der Waals surface area contributed by atoms with Crippen molar-refractivity contribution in [3.05, 3.63) is 29.6 Å². The summed E-state index contributed by atoms with van der Waals surface area (Å²) in [5.74, 6) is -0.00830. The Balaban J connectivity index is 2.16. The number of hydrogen-bond donors (Lipinski definition) is 0. The van der Waals surface area contributed by atoms with Crippen molar-refractivity contribution in [2.45, 2.75) is 38.6 Å². The number of hydrogen-bond acceptors (Lipinski definition) is 3. The van der Waals surface area contributed by atoms with Crippen LogP contribution in [0.2, 0.25) is 0 Å². The quantitative estimate of drug-likeness (QED) is 0.801. The van der Waals surface area contributed by atoms with Crippen molar-refractivity contribution in [2.75, 3.05) is 6.54 Å². The average Bonchev–Trinajstić information content (AvgIpc) is 2.46. The summed E-state index contributed by atoms with van der Waals surface area (Å²) in [7, 11) is 0. The van der Waals surface area contributed by atoms with Crippen LogP contribution in [-0.4, -0.2) is 28.4 Å². The summed E-state index contributed by atoms with van der Waals surface area (Å²) >= 11 is 0. The van der Waals surface area contributed by atoms with Crippen LogP contribution in [0.1, 0.15) is 48.7 Å². The predicted octanol–water partition coefficient (Wildman–Crippen LogP) is 2.36. The second-order valence-corrected chi connectivity index (χ2v) is 4.60. The molecule has 4 nitrogen and oxygen atoms in total. The fourth-order valence-corrected chi connectivity index (χ4v) is 2.43. The molecule has 18 heavy (non-hydrogen) atoms. The molecule has 4 heteroatoms. The lowest BCUT2D eigenvalue weighted by atomic mass is 9.99. The van der Waals surface area contributed by atoms with Crippen LogP contribution in [0.25, 0.3) is 0 Å². The summed E-state index contributed by atoms with van der Waals surface area (Å²) in [5, 5.41) is 8.71. The number of rotatable bonds is 2. The molecule has 1 fully saturated rings. The molecule has 1 atom stereocenters. The van der Waals surface area contributed by atoms with Gasteiger partial charge >= 0.3 is 0 Å². The van der Waals surface area contributed by atoms with E-state index >= 15 is 0 Å². The maximum Gasteiger partial charge on any atom is 0.272 e. The molecule has 1 aromatic rings. The molecule has 1 aromatic heterocycles. The maximum atomic E-state index is 12.3. The molecule has 2 rings (SSSR count). The molecular weight excluding hydrogens is 226 g/mol. The van der Waals surface area contributed by atoms with E-state index in [0.717, 1.165) is 25.8 Å². The summed E-state index contributed by atoms with van der Waals surface area (Å²) in [6.07, 6.45) is 5.79. The van der Waals surface area contributed by atoms with Crippen LogP contribution >= 0.6 is 0 Å². The molecule has 2 heterocycles. The highest BCUT2D eigenvalue weighted by atomic mass is 16.2. The van der Waals surface area contributed by atoms with Gasteiger partial charge in [-0.15, -0.1) is 0 Å². The number of amides is 1. The summed E-state index contributed by atoms with van der Waals surface area (Å²) in [4.78, 5) is 18.4. The van der Waals surface area contributed by atoms with Gasteiger partial charge in [-0.25, -0.2) is 4.98 Å². The number of nitrogens with zero attached hydrogens (tertiary/aromatic N) is 3. The number of aromatic nitrogens is 1. The van der Waals surface area contributed by atoms with E-state index in [4.69, 9.17) is 5.26 Å². The Morgan fingerprint density at radius 1 is 1.56 bits per heavy atom. The summed E-state index contributed by atoms with van der Waals surface area (Å²) in [6.45, 7) is 2.93. The zero-order chi connectivity index (χ0) is 13.0. The Morgan fingerprint density at radius 3 is 3.00 bits per heavy atom. The Labute approximate surface area is 107 Å². The summed E-state index contributed by atoms with van der Waals surface area (Å²) in [5.41, 5.74) is 0.923. The van der Waals surface area contributed by atoms with E-state index in [9.17, 15) is 4.79 Å². The largest absolute Gasteiger partial charge is 0.334 e. The summed E-state index contributed by atoms with van der Waals surface area (Å²) < 4.78 is 0. The molecule has 1 saturated heterocycles. The van der Waals surface area contributed by atoms with Crippen LogP contribution in [-0.2, 0) is 0 Å². The normalized spacial score (nSPS) is 19.3. The second kappa shape index (κ2) is 5.63. The van der Waals surface area contributed by atoms with Crippen LogP contribution < -0.4 is 0 Å². The number of piperidine rings is 1. The molecule has 0 spiro atoms. The van der Waals surface area contributed by atoms with Crippen LogP contribution in [0, 0.1) is 11.3 Å². The van der Waals surface area contributed by atoms with Gasteiger partial charge in [-0.3, -0.25) is 4.79 Å². The van der Waals surface area contributed by atoms with Crippen LogP contribution in [0.5, 0.6) is 0 Å². The highest BCUT2D eigenvalue weighted by Gasteiger charge is 2.26. The monoisotopic (exact) mass is 243 g/mol. The first-order valence-corrected chi connectivity index (χ1v) is 6.43. The number of pyridine rings is 1. The first kappa shape index (κ1) is 12.6. The van der Waals surface area contributed by atoms with E-state index in [1.807, 2.05) is 11.0 Å². The first-order valence-electron chi connectivity index (χ1n) is 6.43. The molecule has 94 valence electrons. The minimum Gasteiger partial charge on any atom is -0.334 e. The van der Waals surface area contributed by atoms with Crippen molar-refractivity contribution >= 4 is 5.91 Å². The standard InChI is InChI=1S/C14H17N3O/c1-2-12-5-3-4-8-17(12)14(18)13-7-6-11(9-15)10-16-13/h6-7,10,12H,2-5,8H2,1H3. The molecule has 0 N–H and O–H groups in total. The lowest BCUT2D eigenvalue weighted by molar-refractivity contribution is 0.0602. The predicted molar refractivity (Wildman–Crippen MR) is 67.9 cm³/mol. The van der Waals surface area contributed by atoms with Gasteiger partial charge in [0.05, 0.1) is 5.56 Å². The van der Waals surface area contributed by atoms with Gasteiger partial charge in [0.1, 0.15) is 11.8 Å². The molecule has 1 amide bonds. The Hall–Kier alpha value is -1.89. The van der Waals surface area contributed by atoms with Gasteiger partial charge in [0.15, 0.2) is 0 Å². The smallest absolute Gasteiger partial charge is 0.272 e. The lowest BCUT2D eigenvalue weighted by Gasteiger charge is -2.35. The topological polar surface area (TPSA) is 57.0 Å². The number of carbonyl (C=O) groups excluding carboxylic acids is 1. The third-order valence-corrected chi connectivity index (χ3v) is 3.47. The fraction of sp³-hybridized carbons (Fsp3) is 0.500. The Kier molecular flexibility index (Phi) is 3.93. The molecule has 0 saturated carbocycles. The van der Waals surface area contributed by atoms with Gasteiger partial charge in [-0.2, -0.15) is 5.26 Å². The van der Waals surface area contributed by atoms with Crippen LogP contribution in [0.4, 0.5) is 0 Å². The average molecular weight is 243 g/mol. The van der Waals surface area contributed by atoms with Crippen molar-refractivity contribution in [1.82, 2.24) is 9.88 Å². The molecule has 0 radical (unpaired) electrons. The molecule has 0 aromatic carbocycles. The first-order chi connectivity index (χ1) is 8.76. The summed E-state index contributed by atoms with van der Waals surface area (Å²) in [6, 6.07) is 5.63. The maximum absolute atomic E-state index is 12.3. The van der Waals surface area contributed by atoms with E-state index in [0.29, 0.717) is 17.3 Å². The van der Waals surface area contributed by atoms with Crippen molar-refractivity contribution in [2.24, 2.45) is 0 Å². The Morgan fingerprint density at radius 2 is 2.39 bits per heavy atom. The fourth-order valence-electron chi connectivity index (χ4n) is 2.43.